The number of aromatic nitrogens is 1. The zero-order valence-corrected chi connectivity index (χ0v) is 14.9. The first-order valence-electron chi connectivity index (χ1n) is 7.80. The van der Waals surface area contributed by atoms with E-state index < -0.39 is 23.6 Å². The molecule has 1 unspecified atom stereocenters. The van der Waals surface area contributed by atoms with Crippen molar-refractivity contribution in [3.63, 3.8) is 0 Å². The smallest absolute Gasteiger partial charge is 0.335 e. The predicted octanol–water partition coefficient (Wildman–Crippen LogP) is 2.53. The van der Waals surface area contributed by atoms with Crippen molar-refractivity contribution in [2.45, 2.75) is 19.8 Å². The Morgan fingerprint density at radius 3 is 2.23 bits per heavy atom. The van der Waals surface area contributed by atoms with Crippen LogP contribution >= 0.6 is 0 Å². The maximum absolute atomic E-state index is 13.1. The molecule has 2 aromatic rings. The second-order valence-corrected chi connectivity index (χ2v) is 5.47. The number of carbonyl (C=O) groups is 3. The summed E-state index contributed by atoms with van der Waals surface area (Å²) in [6, 6.07) is 8.35. The summed E-state index contributed by atoms with van der Waals surface area (Å²) in [6.07, 6.45) is 0.923. The fourth-order valence-electron chi connectivity index (χ4n) is 2.34. The van der Waals surface area contributed by atoms with Gasteiger partial charge in [-0.25, -0.2) is 14.6 Å². The minimum absolute atomic E-state index is 0.00871. The van der Waals surface area contributed by atoms with Crippen LogP contribution in [-0.4, -0.2) is 36.9 Å². The number of hydrogen-bond donors (Lipinski definition) is 0. The molecule has 0 fully saturated rings. The van der Waals surface area contributed by atoms with Gasteiger partial charge < -0.3 is 13.9 Å². The highest BCUT2D eigenvalue weighted by atomic mass is 16.5. The second kappa shape index (κ2) is 8.24. The minimum atomic E-state index is -1.24. The topological polar surface area (TPSA) is 95.7 Å². The van der Waals surface area contributed by atoms with E-state index in [1.165, 1.54) is 7.11 Å². The molecule has 1 aromatic carbocycles. The van der Waals surface area contributed by atoms with E-state index in [-0.39, 0.29) is 11.5 Å². The summed E-state index contributed by atoms with van der Waals surface area (Å²) in [5.41, 5.74) is 0.702. The average Bonchev–Trinajstić information content (AvgIpc) is 2.99. The summed E-state index contributed by atoms with van der Waals surface area (Å²) >= 11 is 0. The normalized spacial score (nSPS) is 12.4. The lowest BCUT2D eigenvalue weighted by molar-refractivity contribution is -0.138. The molecule has 1 aromatic heterocycles. The van der Waals surface area contributed by atoms with Gasteiger partial charge in [-0.1, -0.05) is 30.3 Å². The van der Waals surface area contributed by atoms with E-state index in [0.29, 0.717) is 17.0 Å². The van der Waals surface area contributed by atoms with Crippen molar-refractivity contribution in [2.24, 2.45) is 0 Å². The molecule has 2 rings (SSSR count). The Kier molecular flexibility index (Phi) is 6.06. The number of esters is 2. The fraction of sp³-hybridized carbons (Fsp3) is 0.263. The molecule has 0 saturated carbocycles. The van der Waals surface area contributed by atoms with E-state index in [1.807, 2.05) is 0 Å². The van der Waals surface area contributed by atoms with Crippen LogP contribution in [-0.2, 0) is 19.1 Å². The number of rotatable bonds is 6. The molecular weight excluding hydrogens is 338 g/mol. The van der Waals surface area contributed by atoms with E-state index in [0.717, 1.165) is 13.2 Å². The molecular formula is C19H19NO6. The van der Waals surface area contributed by atoms with Crippen LogP contribution in [0, 0.1) is 13.8 Å². The van der Waals surface area contributed by atoms with Crippen molar-refractivity contribution in [1.82, 2.24) is 4.98 Å². The Morgan fingerprint density at radius 2 is 1.73 bits per heavy atom. The molecule has 0 amide bonds. The number of ether oxygens (including phenoxy) is 2. The molecule has 1 atom stereocenters. The number of carbonyl (C=O) groups excluding carboxylic acids is 3. The van der Waals surface area contributed by atoms with Gasteiger partial charge in [0.05, 0.1) is 25.5 Å². The van der Waals surface area contributed by atoms with E-state index in [1.54, 1.807) is 44.2 Å². The summed E-state index contributed by atoms with van der Waals surface area (Å²) in [5, 5.41) is 0. The van der Waals surface area contributed by atoms with Gasteiger partial charge in [0, 0.05) is 11.6 Å². The van der Waals surface area contributed by atoms with Gasteiger partial charge in [-0.05, 0) is 13.8 Å². The fourth-order valence-corrected chi connectivity index (χ4v) is 2.34. The first-order chi connectivity index (χ1) is 12.4. The van der Waals surface area contributed by atoms with Gasteiger partial charge in [-0.15, -0.1) is 0 Å². The Hall–Kier alpha value is -3.22. The summed E-state index contributed by atoms with van der Waals surface area (Å²) in [7, 11) is 2.32. The Bertz CT molecular complexity index is 831. The molecule has 136 valence electrons. The van der Waals surface area contributed by atoms with Crippen LogP contribution in [0.3, 0.4) is 0 Å². The van der Waals surface area contributed by atoms with E-state index in [4.69, 9.17) is 9.15 Å². The van der Waals surface area contributed by atoms with Gasteiger partial charge in [-0.2, -0.15) is 0 Å². The highest BCUT2D eigenvalue weighted by Gasteiger charge is 2.35. The lowest BCUT2D eigenvalue weighted by Crippen LogP contribution is -2.23. The Morgan fingerprint density at radius 1 is 1.08 bits per heavy atom. The van der Waals surface area contributed by atoms with Crippen molar-refractivity contribution in [3.8, 4) is 0 Å². The molecule has 0 radical (unpaired) electrons. The SMILES string of the molecule is COC(=O)C=C(C(=O)OC)C(C(=O)c1ccccc1)c1nc(C)c(C)o1. The van der Waals surface area contributed by atoms with E-state index in [2.05, 4.69) is 9.72 Å². The molecule has 0 bridgehead atoms. The number of ketones is 1. The van der Waals surface area contributed by atoms with Gasteiger partial charge >= 0.3 is 11.9 Å². The maximum Gasteiger partial charge on any atom is 0.335 e. The number of Topliss-reactive ketones (excluding diaryl/α,β-unsaturated/α-hetero) is 1. The average molecular weight is 357 g/mol. The summed E-state index contributed by atoms with van der Waals surface area (Å²) in [5.74, 6) is -2.82. The summed E-state index contributed by atoms with van der Waals surface area (Å²) in [4.78, 5) is 41.4. The molecule has 26 heavy (non-hydrogen) atoms. The van der Waals surface area contributed by atoms with Crippen molar-refractivity contribution in [3.05, 3.63) is 64.9 Å². The van der Waals surface area contributed by atoms with Crippen molar-refractivity contribution in [1.29, 1.82) is 0 Å². The highest BCUT2D eigenvalue weighted by molar-refractivity contribution is 6.10. The Labute approximate surface area is 150 Å². The van der Waals surface area contributed by atoms with Gasteiger partial charge in [-0.3, -0.25) is 4.79 Å². The zero-order valence-electron chi connectivity index (χ0n) is 14.9. The largest absolute Gasteiger partial charge is 0.466 e. The maximum atomic E-state index is 13.1. The van der Waals surface area contributed by atoms with Crippen LogP contribution in [0.5, 0.6) is 0 Å². The third-order valence-electron chi connectivity index (χ3n) is 3.82. The van der Waals surface area contributed by atoms with Crippen molar-refractivity contribution < 1.29 is 28.3 Å². The molecule has 0 saturated heterocycles. The van der Waals surface area contributed by atoms with Crippen LogP contribution in [0.25, 0.3) is 0 Å². The molecule has 1 heterocycles. The second-order valence-electron chi connectivity index (χ2n) is 5.47. The van der Waals surface area contributed by atoms with Crippen LogP contribution in [0.15, 0.2) is 46.4 Å². The van der Waals surface area contributed by atoms with E-state index >= 15 is 0 Å². The first kappa shape index (κ1) is 19.1. The first-order valence-corrected chi connectivity index (χ1v) is 7.80. The number of hydrogen-bond acceptors (Lipinski definition) is 7. The quantitative estimate of drug-likeness (QED) is 0.445. The molecule has 0 aliphatic carbocycles. The van der Waals surface area contributed by atoms with Crippen molar-refractivity contribution >= 4 is 17.7 Å². The highest BCUT2D eigenvalue weighted by Crippen LogP contribution is 2.30. The number of aryl methyl sites for hydroxylation is 2. The van der Waals surface area contributed by atoms with Gasteiger partial charge in [0.25, 0.3) is 0 Å². The lowest BCUT2D eigenvalue weighted by atomic mass is 9.89. The zero-order chi connectivity index (χ0) is 19.3. The van der Waals surface area contributed by atoms with Crippen LogP contribution < -0.4 is 0 Å². The number of nitrogens with zero attached hydrogens (tertiary/aromatic N) is 1. The van der Waals surface area contributed by atoms with Gasteiger partial charge in [0.15, 0.2) is 5.78 Å². The van der Waals surface area contributed by atoms with Crippen molar-refractivity contribution in [2.75, 3.05) is 14.2 Å². The number of methoxy groups -OCH3 is 2. The molecule has 7 heteroatoms. The van der Waals surface area contributed by atoms with Gasteiger partial charge in [0.2, 0.25) is 5.89 Å². The molecule has 0 spiro atoms. The van der Waals surface area contributed by atoms with Crippen LogP contribution in [0.4, 0.5) is 0 Å². The standard InChI is InChI=1S/C19H19NO6/c1-11-12(2)26-18(20-11)16(17(22)13-8-6-5-7-9-13)14(19(23)25-4)10-15(21)24-3/h5-10,16H,1-4H3. The van der Waals surface area contributed by atoms with Crippen LogP contribution in [0.1, 0.15) is 33.6 Å². The summed E-state index contributed by atoms with van der Waals surface area (Å²) in [6.45, 7) is 3.41. The van der Waals surface area contributed by atoms with Gasteiger partial charge in [0.1, 0.15) is 11.7 Å². The van der Waals surface area contributed by atoms with Crippen LogP contribution in [0.2, 0.25) is 0 Å². The Balaban J connectivity index is 2.65. The van der Waals surface area contributed by atoms with E-state index in [9.17, 15) is 14.4 Å². The number of benzene rings is 1. The lowest BCUT2D eigenvalue weighted by Gasteiger charge is -2.15. The molecule has 7 nitrogen and oxygen atoms in total. The minimum Gasteiger partial charge on any atom is -0.466 e. The number of oxazole rings is 1. The predicted molar refractivity (Wildman–Crippen MR) is 91.6 cm³/mol. The monoisotopic (exact) mass is 357 g/mol. The summed E-state index contributed by atoms with van der Waals surface area (Å²) < 4.78 is 14.9. The molecule has 0 aliphatic heterocycles. The third kappa shape index (κ3) is 4.05. The molecule has 0 aliphatic rings. The third-order valence-corrected chi connectivity index (χ3v) is 3.82. The molecule has 0 N–H and O–H groups in total.